The molecule has 0 unspecified atom stereocenters. The first kappa shape index (κ1) is 19.5. The van der Waals surface area contributed by atoms with E-state index in [1.807, 2.05) is 67.1 Å². The number of nitrogens with zero attached hydrogens (tertiary/aromatic N) is 4. The average Bonchev–Trinajstić information content (AvgIpc) is 3.22. The molecule has 1 aliphatic heterocycles. The van der Waals surface area contributed by atoms with E-state index < -0.39 is 0 Å². The molecule has 2 aromatic carbocycles. The highest BCUT2D eigenvalue weighted by atomic mass is 35.5. The topological polar surface area (TPSA) is 60.2 Å². The Morgan fingerprint density at radius 1 is 1.07 bits per heavy atom. The summed E-state index contributed by atoms with van der Waals surface area (Å²) in [4.78, 5) is 19.4. The number of hydrogen-bond donors (Lipinski definition) is 0. The van der Waals surface area contributed by atoms with Crippen molar-refractivity contribution in [1.29, 1.82) is 0 Å². The van der Waals surface area contributed by atoms with E-state index >= 15 is 0 Å². The van der Waals surface area contributed by atoms with Gasteiger partial charge in [0, 0.05) is 10.9 Å². The Morgan fingerprint density at radius 3 is 2.31 bits per heavy atom. The Kier molecular flexibility index (Phi) is 5.28. The quantitative estimate of drug-likeness (QED) is 0.627. The first-order valence-corrected chi connectivity index (χ1v) is 9.99. The first-order valence-electron chi connectivity index (χ1n) is 9.61. The van der Waals surface area contributed by atoms with Gasteiger partial charge < -0.3 is 4.74 Å². The average molecular weight is 411 g/mol. The number of fused-ring (bicyclic) bond motifs is 1. The van der Waals surface area contributed by atoms with Gasteiger partial charge in [-0.05, 0) is 41.8 Å². The third-order valence-corrected chi connectivity index (χ3v) is 5.56. The third-order valence-electron chi connectivity index (χ3n) is 5.31. The number of aromatic nitrogens is 3. The number of benzene rings is 2. The van der Waals surface area contributed by atoms with Gasteiger partial charge in [-0.3, -0.25) is 9.69 Å². The number of anilines is 1. The van der Waals surface area contributed by atoms with Gasteiger partial charge in [0.1, 0.15) is 12.1 Å². The molecule has 0 fully saturated rings. The Balaban J connectivity index is 1.82. The summed E-state index contributed by atoms with van der Waals surface area (Å²) in [6, 6.07) is 15.4. The van der Waals surface area contributed by atoms with Gasteiger partial charge >= 0.3 is 0 Å². The Morgan fingerprint density at radius 2 is 1.69 bits per heavy atom. The van der Waals surface area contributed by atoms with E-state index in [4.69, 9.17) is 16.3 Å². The molecule has 1 amide bonds. The molecule has 3 aromatic rings. The van der Waals surface area contributed by atoms with Gasteiger partial charge in [-0.15, -0.1) is 0 Å². The minimum absolute atomic E-state index is 0.0207. The zero-order chi connectivity index (χ0) is 20.5. The molecule has 0 radical (unpaired) electrons. The highest BCUT2D eigenvalue weighted by Crippen LogP contribution is 2.42. The van der Waals surface area contributed by atoms with Crippen molar-refractivity contribution in [2.45, 2.75) is 32.4 Å². The van der Waals surface area contributed by atoms with Crippen molar-refractivity contribution in [2.24, 2.45) is 5.92 Å². The summed E-state index contributed by atoms with van der Waals surface area (Å²) in [6.07, 6.45) is 2.19. The van der Waals surface area contributed by atoms with Crippen LogP contribution in [-0.2, 0) is 4.79 Å². The van der Waals surface area contributed by atoms with Gasteiger partial charge in [0.15, 0.2) is 0 Å². The molecule has 150 valence electrons. The lowest BCUT2D eigenvalue weighted by Gasteiger charge is -2.40. The lowest BCUT2D eigenvalue weighted by Crippen LogP contribution is -2.44. The SMILES string of the molecule is COc1ccc([C@@H]2C[C@@H](c3ccc(Cl)cc3)N(C(=O)C(C)C)c3ncnn32)cc1. The van der Waals surface area contributed by atoms with E-state index in [-0.39, 0.29) is 23.9 Å². The molecule has 0 bridgehead atoms. The molecule has 2 atom stereocenters. The number of carbonyl (C=O) groups is 1. The summed E-state index contributed by atoms with van der Waals surface area (Å²) in [5.41, 5.74) is 2.12. The number of rotatable bonds is 4. The fraction of sp³-hybridized carbons (Fsp3) is 0.318. The lowest BCUT2D eigenvalue weighted by molar-refractivity contribution is -0.122. The second-order valence-corrected chi connectivity index (χ2v) is 7.90. The molecular formula is C22H23ClN4O2. The van der Waals surface area contributed by atoms with Crippen LogP contribution in [0, 0.1) is 5.92 Å². The molecular weight excluding hydrogens is 388 g/mol. The van der Waals surface area contributed by atoms with Gasteiger partial charge in [-0.2, -0.15) is 10.1 Å². The van der Waals surface area contributed by atoms with Crippen molar-refractivity contribution in [3.63, 3.8) is 0 Å². The van der Waals surface area contributed by atoms with Crippen LogP contribution >= 0.6 is 11.6 Å². The summed E-state index contributed by atoms with van der Waals surface area (Å²) < 4.78 is 7.13. The van der Waals surface area contributed by atoms with Crippen molar-refractivity contribution >= 4 is 23.5 Å². The predicted molar refractivity (Wildman–Crippen MR) is 112 cm³/mol. The van der Waals surface area contributed by atoms with E-state index in [1.54, 1.807) is 12.0 Å². The van der Waals surface area contributed by atoms with Gasteiger partial charge in [-0.25, -0.2) is 4.68 Å². The van der Waals surface area contributed by atoms with Crippen LogP contribution in [0.3, 0.4) is 0 Å². The standard InChI is InChI=1S/C22H23ClN4O2/c1-14(2)21(28)26-19(15-4-8-17(23)9-5-15)12-20(27-22(26)24-13-25-27)16-6-10-18(29-3)11-7-16/h4-11,13-14,19-20H,12H2,1-3H3/t19-,20-/m0/s1. The molecule has 0 spiro atoms. The van der Waals surface area contributed by atoms with Crippen molar-refractivity contribution in [3.8, 4) is 5.75 Å². The number of methoxy groups -OCH3 is 1. The summed E-state index contributed by atoms with van der Waals surface area (Å²) in [5, 5.41) is 5.12. The third kappa shape index (κ3) is 3.60. The van der Waals surface area contributed by atoms with E-state index in [1.165, 1.54) is 6.33 Å². The van der Waals surface area contributed by atoms with Crippen LogP contribution in [0.15, 0.2) is 54.9 Å². The smallest absolute Gasteiger partial charge is 0.232 e. The Hall–Kier alpha value is -2.86. The molecule has 1 aliphatic rings. The molecule has 2 heterocycles. The summed E-state index contributed by atoms with van der Waals surface area (Å²) in [6.45, 7) is 3.80. The molecule has 0 saturated heterocycles. The second kappa shape index (κ2) is 7.87. The van der Waals surface area contributed by atoms with Crippen LogP contribution in [0.25, 0.3) is 0 Å². The molecule has 7 heteroatoms. The highest BCUT2D eigenvalue weighted by Gasteiger charge is 2.39. The fourth-order valence-corrected chi connectivity index (χ4v) is 3.92. The Labute approximate surface area is 175 Å². The maximum Gasteiger partial charge on any atom is 0.232 e. The predicted octanol–water partition coefficient (Wildman–Crippen LogP) is 4.66. The van der Waals surface area contributed by atoms with Crippen LogP contribution in [-0.4, -0.2) is 27.8 Å². The summed E-state index contributed by atoms with van der Waals surface area (Å²) in [5.74, 6) is 1.23. The number of hydrogen-bond acceptors (Lipinski definition) is 4. The molecule has 4 rings (SSSR count). The Bertz CT molecular complexity index is 998. The minimum Gasteiger partial charge on any atom is -0.497 e. The van der Waals surface area contributed by atoms with Crippen molar-refractivity contribution in [2.75, 3.05) is 12.0 Å². The maximum atomic E-state index is 13.1. The number of ether oxygens (including phenoxy) is 1. The monoisotopic (exact) mass is 410 g/mol. The molecule has 1 aromatic heterocycles. The van der Waals surface area contributed by atoms with Crippen molar-refractivity contribution in [3.05, 3.63) is 71.0 Å². The lowest BCUT2D eigenvalue weighted by atomic mass is 9.91. The van der Waals surface area contributed by atoms with Crippen LogP contribution in [0.4, 0.5) is 5.95 Å². The van der Waals surface area contributed by atoms with Crippen molar-refractivity contribution < 1.29 is 9.53 Å². The van der Waals surface area contributed by atoms with E-state index in [0.717, 1.165) is 16.9 Å². The second-order valence-electron chi connectivity index (χ2n) is 7.46. The minimum atomic E-state index is -0.161. The number of halogens is 1. The van der Waals surface area contributed by atoms with Gasteiger partial charge in [-0.1, -0.05) is 49.7 Å². The zero-order valence-electron chi connectivity index (χ0n) is 16.6. The highest BCUT2D eigenvalue weighted by molar-refractivity contribution is 6.30. The molecule has 6 nitrogen and oxygen atoms in total. The molecule has 0 aliphatic carbocycles. The van der Waals surface area contributed by atoms with Gasteiger partial charge in [0.2, 0.25) is 11.9 Å². The van der Waals surface area contributed by atoms with Gasteiger partial charge in [0.25, 0.3) is 0 Å². The van der Waals surface area contributed by atoms with E-state index in [0.29, 0.717) is 17.4 Å². The largest absolute Gasteiger partial charge is 0.497 e. The van der Waals surface area contributed by atoms with Crippen molar-refractivity contribution in [1.82, 2.24) is 14.8 Å². The fourth-order valence-electron chi connectivity index (χ4n) is 3.80. The van der Waals surface area contributed by atoms with Gasteiger partial charge in [0.05, 0.1) is 19.2 Å². The zero-order valence-corrected chi connectivity index (χ0v) is 17.4. The number of amides is 1. The van der Waals surface area contributed by atoms with Crippen LogP contribution in [0.1, 0.15) is 43.5 Å². The first-order chi connectivity index (χ1) is 14.0. The molecule has 29 heavy (non-hydrogen) atoms. The van der Waals surface area contributed by atoms with E-state index in [9.17, 15) is 4.79 Å². The molecule has 0 N–H and O–H groups in total. The molecule has 0 saturated carbocycles. The maximum absolute atomic E-state index is 13.1. The summed E-state index contributed by atoms with van der Waals surface area (Å²) >= 11 is 6.10. The van der Waals surface area contributed by atoms with Crippen LogP contribution in [0.2, 0.25) is 5.02 Å². The van der Waals surface area contributed by atoms with Crippen LogP contribution in [0.5, 0.6) is 5.75 Å². The van der Waals surface area contributed by atoms with E-state index in [2.05, 4.69) is 10.1 Å². The van der Waals surface area contributed by atoms with Crippen LogP contribution < -0.4 is 9.64 Å². The summed E-state index contributed by atoms with van der Waals surface area (Å²) in [7, 11) is 1.65. The normalized spacial score (nSPS) is 18.6. The number of carbonyl (C=O) groups excluding carboxylic acids is 1.